The highest BCUT2D eigenvalue weighted by molar-refractivity contribution is 7.99. The average molecular weight is 213 g/mol. The van der Waals surface area contributed by atoms with Crippen molar-refractivity contribution in [3.63, 3.8) is 0 Å². The van der Waals surface area contributed by atoms with Crippen LogP contribution in [0.5, 0.6) is 0 Å². The maximum Gasteiger partial charge on any atom is 0.288 e. The first kappa shape index (κ1) is 11.0. The van der Waals surface area contributed by atoms with Crippen molar-refractivity contribution < 1.29 is 8.78 Å². The number of benzene rings is 1. The predicted molar refractivity (Wildman–Crippen MR) is 52.3 cm³/mol. The van der Waals surface area contributed by atoms with Crippen LogP contribution in [0, 0.1) is 11.3 Å². The highest BCUT2D eigenvalue weighted by Crippen LogP contribution is 2.27. The van der Waals surface area contributed by atoms with Crippen LogP contribution in [0.1, 0.15) is 18.4 Å². The maximum atomic E-state index is 12.0. The van der Waals surface area contributed by atoms with Crippen molar-refractivity contribution >= 4 is 11.8 Å². The summed E-state index contributed by atoms with van der Waals surface area (Å²) in [5, 5.41) is 8.66. The molecule has 0 aliphatic heterocycles. The fraction of sp³-hybridized carbons (Fsp3) is 0.300. The van der Waals surface area contributed by atoms with Gasteiger partial charge >= 0.3 is 0 Å². The SMILES string of the molecule is CC(C#N)c1cccc(SC(F)F)c1. The van der Waals surface area contributed by atoms with Crippen molar-refractivity contribution in [2.75, 3.05) is 0 Å². The molecule has 1 rings (SSSR count). The normalized spacial score (nSPS) is 12.5. The van der Waals surface area contributed by atoms with Gasteiger partial charge in [0.15, 0.2) is 0 Å². The molecule has 1 aromatic carbocycles. The predicted octanol–water partition coefficient (Wildman–Crippen LogP) is 3.63. The zero-order valence-electron chi connectivity index (χ0n) is 7.58. The number of nitrogens with zero attached hydrogens (tertiary/aromatic N) is 1. The van der Waals surface area contributed by atoms with Crippen LogP contribution in [0.15, 0.2) is 29.2 Å². The molecule has 0 fully saturated rings. The molecule has 0 aliphatic rings. The maximum absolute atomic E-state index is 12.0. The molecule has 1 aromatic rings. The molecular formula is C10H9F2NS. The number of halogens is 2. The Balaban J connectivity index is 2.85. The standard InChI is InChI=1S/C10H9F2NS/c1-7(6-13)8-3-2-4-9(5-8)14-10(11)12/h2-5,7,10H,1H3. The third-order valence-electron chi connectivity index (χ3n) is 1.78. The van der Waals surface area contributed by atoms with E-state index in [1.165, 1.54) is 0 Å². The molecule has 1 nitrogen and oxygen atoms in total. The molecule has 0 aliphatic carbocycles. The van der Waals surface area contributed by atoms with E-state index in [4.69, 9.17) is 5.26 Å². The van der Waals surface area contributed by atoms with E-state index in [1.54, 1.807) is 31.2 Å². The molecule has 0 saturated carbocycles. The third kappa shape index (κ3) is 3.00. The molecule has 4 heteroatoms. The Morgan fingerprint density at radius 1 is 1.43 bits per heavy atom. The lowest BCUT2D eigenvalue weighted by atomic mass is 10.0. The molecule has 0 heterocycles. The zero-order chi connectivity index (χ0) is 10.6. The molecule has 1 unspecified atom stereocenters. The van der Waals surface area contributed by atoms with E-state index in [-0.39, 0.29) is 5.92 Å². The number of thioether (sulfide) groups is 1. The van der Waals surface area contributed by atoms with Gasteiger partial charge < -0.3 is 0 Å². The van der Waals surface area contributed by atoms with Crippen molar-refractivity contribution in [3.8, 4) is 6.07 Å². The zero-order valence-corrected chi connectivity index (χ0v) is 8.39. The van der Waals surface area contributed by atoms with Gasteiger partial charge in [-0.2, -0.15) is 14.0 Å². The van der Waals surface area contributed by atoms with Crippen LogP contribution in [0.25, 0.3) is 0 Å². The van der Waals surface area contributed by atoms with Crippen LogP contribution in [0.2, 0.25) is 0 Å². The molecule has 0 saturated heterocycles. The first-order chi connectivity index (χ1) is 6.63. The summed E-state index contributed by atoms with van der Waals surface area (Å²) in [6.07, 6.45) is 0. The average Bonchev–Trinajstić information content (AvgIpc) is 2.16. The second kappa shape index (κ2) is 4.97. The van der Waals surface area contributed by atoms with Crippen LogP contribution in [0.4, 0.5) is 8.78 Å². The van der Waals surface area contributed by atoms with E-state index < -0.39 is 5.76 Å². The second-order valence-corrected chi connectivity index (χ2v) is 3.87. The molecule has 0 spiro atoms. The molecular weight excluding hydrogens is 204 g/mol. The highest BCUT2D eigenvalue weighted by atomic mass is 32.2. The summed E-state index contributed by atoms with van der Waals surface area (Å²) in [5.74, 6) is -2.67. The summed E-state index contributed by atoms with van der Waals surface area (Å²) in [6.45, 7) is 1.74. The van der Waals surface area contributed by atoms with Crippen LogP contribution in [-0.2, 0) is 0 Å². The highest BCUT2D eigenvalue weighted by Gasteiger charge is 2.08. The number of hydrogen-bond acceptors (Lipinski definition) is 2. The second-order valence-electron chi connectivity index (χ2n) is 2.80. The quantitative estimate of drug-likeness (QED) is 0.716. The molecule has 1 atom stereocenters. The minimum Gasteiger partial charge on any atom is -0.198 e. The minimum absolute atomic E-state index is 0.256. The summed E-state index contributed by atoms with van der Waals surface area (Å²) in [7, 11) is 0. The molecule has 0 bridgehead atoms. The Morgan fingerprint density at radius 2 is 2.14 bits per heavy atom. The fourth-order valence-electron chi connectivity index (χ4n) is 1.03. The van der Waals surface area contributed by atoms with Gasteiger partial charge in [-0.15, -0.1) is 0 Å². The van der Waals surface area contributed by atoms with E-state index in [0.29, 0.717) is 16.7 Å². The number of alkyl halides is 2. The van der Waals surface area contributed by atoms with Crippen molar-refractivity contribution in [1.82, 2.24) is 0 Å². The Kier molecular flexibility index (Phi) is 3.90. The van der Waals surface area contributed by atoms with Gasteiger partial charge in [-0.1, -0.05) is 23.9 Å². The fourth-order valence-corrected chi connectivity index (χ4v) is 1.60. The molecule has 74 valence electrons. The van der Waals surface area contributed by atoms with Crippen molar-refractivity contribution in [1.29, 1.82) is 5.26 Å². The van der Waals surface area contributed by atoms with Crippen LogP contribution >= 0.6 is 11.8 Å². The first-order valence-corrected chi connectivity index (χ1v) is 4.96. The number of rotatable bonds is 3. The van der Waals surface area contributed by atoms with Gasteiger partial charge in [0, 0.05) is 4.90 Å². The monoisotopic (exact) mass is 213 g/mol. The molecule has 0 radical (unpaired) electrons. The van der Waals surface area contributed by atoms with E-state index >= 15 is 0 Å². The number of hydrogen-bond donors (Lipinski definition) is 0. The first-order valence-electron chi connectivity index (χ1n) is 4.08. The van der Waals surface area contributed by atoms with E-state index in [0.717, 1.165) is 5.56 Å². The summed E-state index contributed by atoms with van der Waals surface area (Å²) in [6, 6.07) is 8.77. The van der Waals surface area contributed by atoms with Gasteiger partial charge in [0.2, 0.25) is 0 Å². The smallest absolute Gasteiger partial charge is 0.198 e. The van der Waals surface area contributed by atoms with Gasteiger partial charge in [-0.25, -0.2) is 0 Å². The third-order valence-corrected chi connectivity index (χ3v) is 2.48. The van der Waals surface area contributed by atoms with Crippen LogP contribution in [0.3, 0.4) is 0 Å². The molecule has 14 heavy (non-hydrogen) atoms. The van der Waals surface area contributed by atoms with Crippen LogP contribution < -0.4 is 0 Å². The Hall–Kier alpha value is -1.08. The van der Waals surface area contributed by atoms with Gasteiger partial charge in [0.05, 0.1) is 12.0 Å². The van der Waals surface area contributed by atoms with Crippen molar-refractivity contribution in [2.24, 2.45) is 0 Å². The lowest BCUT2D eigenvalue weighted by molar-refractivity contribution is 0.252. The van der Waals surface area contributed by atoms with Gasteiger partial charge in [0.1, 0.15) is 0 Å². The van der Waals surface area contributed by atoms with Gasteiger partial charge in [-0.05, 0) is 24.6 Å². The Morgan fingerprint density at radius 3 is 2.71 bits per heavy atom. The lowest BCUT2D eigenvalue weighted by Crippen LogP contribution is -1.90. The van der Waals surface area contributed by atoms with Crippen molar-refractivity contribution in [3.05, 3.63) is 29.8 Å². The summed E-state index contributed by atoms with van der Waals surface area (Å²) >= 11 is 0.498. The number of nitriles is 1. The Labute approximate surface area is 85.7 Å². The lowest BCUT2D eigenvalue weighted by Gasteiger charge is -2.05. The van der Waals surface area contributed by atoms with Gasteiger partial charge in [0.25, 0.3) is 5.76 Å². The van der Waals surface area contributed by atoms with E-state index in [1.807, 2.05) is 0 Å². The summed E-state index contributed by atoms with van der Waals surface area (Å²) in [4.78, 5) is 0.500. The molecule has 0 N–H and O–H groups in total. The van der Waals surface area contributed by atoms with E-state index in [2.05, 4.69) is 6.07 Å². The molecule has 0 aromatic heterocycles. The van der Waals surface area contributed by atoms with Crippen molar-refractivity contribution in [2.45, 2.75) is 23.5 Å². The summed E-state index contributed by atoms with van der Waals surface area (Å²) < 4.78 is 24.1. The van der Waals surface area contributed by atoms with Gasteiger partial charge in [-0.3, -0.25) is 0 Å². The van der Waals surface area contributed by atoms with E-state index in [9.17, 15) is 8.78 Å². The van der Waals surface area contributed by atoms with Crippen LogP contribution in [-0.4, -0.2) is 5.76 Å². The Bertz CT molecular complexity index is 346. The largest absolute Gasteiger partial charge is 0.288 e. The molecule has 0 amide bonds. The minimum atomic E-state index is -2.41. The topological polar surface area (TPSA) is 23.8 Å². The summed E-state index contributed by atoms with van der Waals surface area (Å²) in [5.41, 5.74) is 0.776.